The maximum absolute atomic E-state index is 13.9. The molecule has 5 rings (SSSR count). The number of likely N-dealkylation sites (tertiary alicyclic amines) is 1. The van der Waals surface area contributed by atoms with Gasteiger partial charge in [0.15, 0.2) is 0 Å². The Morgan fingerprint density at radius 2 is 2.03 bits per heavy atom. The van der Waals surface area contributed by atoms with E-state index in [0.717, 1.165) is 36.8 Å². The van der Waals surface area contributed by atoms with Crippen LogP contribution in [0.4, 0.5) is 13.2 Å². The van der Waals surface area contributed by atoms with Gasteiger partial charge in [-0.25, -0.2) is 0 Å². The molecular weight excluding hydrogens is 541 g/mol. The SMILES string of the molecule is O=c1sc(C(Cc2ccc(Cl)cc2C(F)(F)F)=c2ccc3c(c2)C=NN=3)c(O)n1C[C@@H]1CCCN1CCO. The largest absolute Gasteiger partial charge is 0.493 e. The van der Waals surface area contributed by atoms with Crippen LogP contribution in [0.25, 0.3) is 5.57 Å². The number of aliphatic hydroxyl groups excluding tert-OH is 1. The van der Waals surface area contributed by atoms with E-state index in [1.54, 1.807) is 24.4 Å². The molecule has 2 N–H and O–H groups in total. The van der Waals surface area contributed by atoms with E-state index >= 15 is 0 Å². The molecule has 1 atom stereocenters. The van der Waals surface area contributed by atoms with Gasteiger partial charge in [-0.3, -0.25) is 14.3 Å². The summed E-state index contributed by atoms with van der Waals surface area (Å²) in [6, 6.07) is 8.69. The van der Waals surface area contributed by atoms with Crippen molar-refractivity contribution in [2.75, 3.05) is 19.7 Å². The van der Waals surface area contributed by atoms with E-state index in [4.69, 9.17) is 11.6 Å². The molecule has 0 bridgehead atoms. The zero-order chi connectivity index (χ0) is 27.0. The highest BCUT2D eigenvalue weighted by molar-refractivity contribution is 7.10. The molecule has 1 fully saturated rings. The molecule has 0 radical (unpaired) electrons. The molecule has 3 heterocycles. The molecule has 2 aliphatic heterocycles. The second kappa shape index (κ2) is 10.6. The summed E-state index contributed by atoms with van der Waals surface area (Å²) in [6.07, 6.45) is -1.58. The van der Waals surface area contributed by atoms with Crippen molar-refractivity contribution in [3.8, 4) is 5.88 Å². The Morgan fingerprint density at radius 1 is 1.21 bits per heavy atom. The quantitative estimate of drug-likeness (QED) is 0.461. The number of hydrogen-bond donors (Lipinski definition) is 2. The standard InChI is InChI=1S/C26H24ClF3N4O3S/c27-18-5-3-16(21(12-18)26(28,29)30)11-20(15-4-6-22-17(10-15)13-31-32-22)23-24(36)34(25(37)38-23)14-19-2-1-7-33(19)8-9-35/h3-6,10,12-13,19,35-36H,1-2,7-9,11,14H2/t19-/m0/s1. The minimum atomic E-state index is -4.64. The summed E-state index contributed by atoms with van der Waals surface area (Å²) >= 11 is 6.69. The third-order valence-corrected chi connectivity index (χ3v) is 8.17. The molecule has 0 aliphatic carbocycles. The van der Waals surface area contributed by atoms with Gasteiger partial charge in [0.05, 0.1) is 28.6 Å². The molecule has 0 unspecified atom stereocenters. The highest BCUT2D eigenvalue weighted by Gasteiger charge is 2.34. The van der Waals surface area contributed by atoms with Crippen LogP contribution in [-0.2, 0) is 19.1 Å². The van der Waals surface area contributed by atoms with Crippen molar-refractivity contribution < 1.29 is 23.4 Å². The van der Waals surface area contributed by atoms with Gasteiger partial charge >= 0.3 is 11.0 Å². The van der Waals surface area contributed by atoms with Gasteiger partial charge in [0, 0.05) is 36.1 Å². The topological polar surface area (TPSA) is 90.4 Å². The van der Waals surface area contributed by atoms with E-state index in [1.807, 2.05) is 0 Å². The maximum Gasteiger partial charge on any atom is 0.416 e. The first-order chi connectivity index (χ1) is 18.2. The van der Waals surface area contributed by atoms with Crippen LogP contribution in [0.1, 0.15) is 34.4 Å². The van der Waals surface area contributed by atoms with Crippen LogP contribution in [-0.4, -0.2) is 51.6 Å². The van der Waals surface area contributed by atoms with Crippen molar-refractivity contribution in [3.63, 3.8) is 0 Å². The first-order valence-corrected chi connectivity index (χ1v) is 13.2. The van der Waals surface area contributed by atoms with E-state index in [0.29, 0.717) is 28.3 Å². The van der Waals surface area contributed by atoms with Gasteiger partial charge in [-0.15, -0.1) is 0 Å². The average molecular weight is 565 g/mol. The zero-order valence-electron chi connectivity index (χ0n) is 20.1. The molecule has 2 aromatic carbocycles. The van der Waals surface area contributed by atoms with Gasteiger partial charge in [0.25, 0.3) is 0 Å². The third-order valence-electron chi connectivity index (χ3n) is 6.91. The zero-order valence-corrected chi connectivity index (χ0v) is 21.7. The molecule has 200 valence electrons. The van der Waals surface area contributed by atoms with Crippen LogP contribution >= 0.6 is 22.9 Å². The Balaban J connectivity index is 1.64. The van der Waals surface area contributed by atoms with E-state index in [1.165, 1.54) is 16.7 Å². The Morgan fingerprint density at radius 3 is 2.79 bits per heavy atom. The summed E-state index contributed by atoms with van der Waals surface area (Å²) in [5, 5.41) is 29.6. The first kappa shape index (κ1) is 26.6. The lowest BCUT2D eigenvalue weighted by Gasteiger charge is -2.23. The molecule has 38 heavy (non-hydrogen) atoms. The van der Waals surface area contributed by atoms with Crippen LogP contribution in [0.15, 0.2) is 51.4 Å². The number of rotatable bonds is 7. The fourth-order valence-corrected chi connectivity index (χ4v) is 6.18. The lowest BCUT2D eigenvalue weighted by molar-refractivity contribution is -0.138. The molecule has 0 amide bonds. The number of aromatic nitrogens is 1. The molecule has 2 aliphatic rings. The second-order valence-electron chi connectivity index (χ2n) is 9.26. The molecule has 0 saturated carbocycles. The maximum atomic E-state index is 13.9. The summed E-state index contributed by atoms with van der Waals surface area (Å²) in [7, 11) is 0. The lowest BCUT2D eigenvalue weighted by atomic mass is 9.96. The summed E-state index contributed by atoms with van der Waals surface area (Å²) in [6.45, 7) is 1.46. The minimum Gasteiger partial charge on any atom is -0.493 e. The predicted octanol–water partition coefficient (Wildman–Crippen LogP) is 3.15. The number of benzene rings is 2. The second-order valence-corrected chi connectivity index (χ2v) is 10.7. The van der Waals surface area contributed by atoms with Crippen molar-refractivity contribution >= 4 is 34.7 Å². The highest BCUT2D eigenvalue weighted by atomic mass is 35.5. The number of alkyl halides is 3. The minimum absolute atomic E-state index is 0.0132. The summed E-state index contributed by atoms with van der Waals surface area (Å²) in [4.78, 5) is 14.9. The number of β-amino-alcohol motifs (C(OH)–C–C–N with tert-alkyl or cyclic N) is 1. The molecule has 1 saturated heterocycles. The molecule has 3 aromatic rings. The average Bonchev–Trinajstić information content (AvgIpc) is 3.59. The van der Waals surface area contributed by atoms with Crippen LogP contribution in [0.3, 0.4) is 0 Å². The number of aromatic hydroxyl groups is 1. The Bertz CT molecular complexity index is 1580. The van der Waals surface area contributed by atoms with Gasteiger partial charge in [-0.05, 0) is 60.0 Å². The van der Waals surface area contributed by atoms with Crippen molar-refractivity contribution in [2.24, 2.45) is 10.2 Å². The normalized spacial score (nSPS) is 18.1. The van der Waals surface area contributed by atoms with Gasteiger partial charge in [0.1, 0.15) is 0 Å². The van der Waals surface area contributed by atoms with Gasteiger partial charge in [-0.2, -0.15) is 23.4 Å². The number of nitrogens with zero attached hydrogens (tertiary/aromatic N) is 4. The van der Waals surface area contributed by atoms with Crippen LogP contribution < -0.4 is 15.4 Å². The number of halogens is 4. The highest BCUT2D eigenvalue weighted by Crippen LogP contribution is 2.37. The third kappa shape index (κ3) is 5.28. The Hall–Kier alpha value is -2.99. The molecule has 7 nitrogen and oxygen atoms in total. The molecule has 12 heteroatoms. The van der Waals surface area contributed by atoms with E-state index in [9.17, 15) is 28.2 Å². The fraction of sp³-hybridized carbons (Fsp3) is 0.346. The Labute approximate surface area is 224 Å². The number of fused-ring (bicyclic) bond motifs is 1. The summed E-state index contributed by atoms with van der Waals surface area (Å²) in [5.74, 6) is -0.285. The van der Waals surface area contributed by atoms with E-state index in [2.05, 4.69) is 15.1 Å². The van der Waals surface area contributed by atoms with Crippen LogP contribution in [0.5, 0.6) is 5.88 Å². The molecule has 0 spiro atoms. The number of hydrogen-bond acceptors (Lipinski definition) is 7. The van der Waals surface area contributed by atoms with Crippen molar-refractivity contribution in [1.29, 1.82) is 0 Å². The predicted molar refractivity (Wildman–Crippen MR) is 139 cm³/mol. The number of thiazole rings is 1. The smallest absolute Gasteiger partial charge is 0.416 e. The van der Waals surface area contributed by atoms with Crippen LogP contribution in [0, 0.1) is 0 Å². The lowest BCUT2D eigenvalue weighted by Crippen LogP contribution is -2.36. The van der Waals surface area contributed by atoms with Gasteiger partial charge in [0.2, 0.25) is 5.88 Å². The van der Waals surface area contributed by atoms with Crippen molar-refractivity contribution in [2.45, 2.75) is 38.0 Å². The van der Waals surface area contributed by atoms with Gasteiger partial charge < -0.3 is 10.2 Å². The van der Waals surface area contributed by atoms with Crippen LogP contribution in [0.2, 0.25) is 5.02 Å². The van der Waals surface area contributed by atoms with Crippen molar-refractivity contribution in [3.05, 3.63) is 83.2 Å². The summed E-state index contributed by atoms with van der Waals surface area (Å²) in [5.41, 5.74) is 0.145. The molecule has 1 aromatic heterocycles. The van der Waals surface area contributed by atoms with E-state index < -0.39 is 16.6 Å². The monoisotopic (exact) mass is 564 g/mol. The van der Waals surface area contributed by atoms with E-state index in [-0.39, 0.29) is 47.0 Å². The first-order valence-electron chi connectivity index (χ1n) is 12.0. The van der Waals surface area contributed by atoms with Gasteiger partial charge in [-0.1, -0.05) is 35.1 Å². The Kier molecular flexibility index (Phi) is 7.45. The summed E-state index contributed by atoms with van der Waals surface area (Å²) < 4.78 is 43.0. The number of aliphatic hydroxyl groups is 1. The molecular formula is C26H24ClF3N4O3S. The van der Waals surface area contributed by atoms with Crippen molar-refractivity contribution in [1.82, 2.24) is 9.47 Å². The fourth-order valence-electron chi connectivity index (χ4n) is 5.05.